The van der Waals surface area contributed by atoms with Gasteiger partial charge in [-0.25, -0.2) is 0 Å². The van der Waals surface area contributed by atoms with Crippen LogP contribution < -0.4 is 0 Å². The molecule has 0 spiro atoms. The molecule has 0 radical (unpaired) electrons. The zero-order chi connectivity index (χ0) is 9.19. The first-order valence-electron chi connectivity index (χ1n) is 4.44. The summed E-state index contributed by atoms with van der Waals surface area (Å²) in [4.78, 5) is 13.2. The van der Waals surface area contributed by atoms with Crippen LogP contribution in [0.25, 0.3) is 0 Å². The third-order valence-corrected chi connectivity index (χ3v) is 3.07. The first-order valence-corrected chi connectivity index (χ1v) is 5.07. The lowest BCUT2D eigenvalue weighted by molar-refractivity contribution is -0.128. The second-order valence-electron chi connectivity index (χ2n) is 4.24. The van der Waals surface area contributed by atoms with E-state index < -0.39 is 0 Å². The van der Waals surface area contributed by atoms with Crippen LogP contribution in [0.15, 0.2) is 0 Å². The summed E-state index contributed by atoms with van der Waals surface area (Å²) in [6, 6.07) is 0. The zero-order valence-electron chi connectivity index (χ0n) is 7.84. The molecule has 0 aromatic heterocycles. The summed E-state index contributed by atoms with van der Waals surface area (Å²) in [7, 11) is 0. The van der Waals surface area contributed by atoms with E-state index in [1.165, 1.54) is 0 Å². The maximum atomic E-state index is 11.3. The van der Waals surface area contributed by atoms with Gasteiger partial charge in [-0.3, -0.25) is 4.79 Å². The molecule has 1 aliphatic heterocycles. The van der Waals surface area contributed by atoms with Crippen LogP contribution >= 0.6 is 12.6 Å². The lowest BCUT2D eigenvalue weighted by Gasteiger charge is -2.28. The van der Waals surface area contributed by atoms with Gasteiger partial charge in [-0.05, 0) is 17.6 Å². The van der Waals surface area contributed by atoms with Crippen LogP contribution in [0.2, 0.25) is 0 Å². The first-order chi connectivity index (χ1) is 5.55. The van der Waals surface area contributed by atoms with Gasteiger partial charge >= 0.3 is 0 Å². The normalized spacial score (nSPS) is 18.9. The van der Waals surface area contributed by atoms with Crippen molar-refractivity contribution in [3.05, 3.63) is 0 Å². The van der Waals surface area contributed by atoms with Gasteiger partial charge in [-0.2, -0.15) is 12.6 Å². The Hall–Kier alpha value is -0.180. The molecule has 0 saturated carbocycles. The van der Waals surface area contributed by atoms with E-state index in [2.05, 4.69) is 26.5 Å². The minimum absolute atomic E-state index is 0.156. The number of nitrogens with zero attached hydrogens (tertiary/aromatic N) is 1. The van der Waals surface area contributed by atoms with Crippen molar-refractivity contribution in [2.24, 2.45) is 5.41 Å². The van der Waals surface area contributed by atoms with E-state index in [-0.39, 0.29) is 5.41 Å². The summed E-state index contributed by atoms with van der Waals surface area (Å²) in [6.45, 7) is 6.09. The molecule has 1 aliphatic rings. The summed E-state index contributed by atoms with van der Waals surface area (Å²) in [5.41, 5.74) is 0.156. The third kappa shape index (κ3) is 2.41. The Kier molecular flexibility index (Phi) is 3.04. The molecule has 0 N–H and O–H groups in total. The van der Waals surface area contributed by atoms with Gasteiger partial charge in [0.05, 0.1) is 0 Å². The van der Waals surface area contributed by atoms with Crippen LogP contribution in [0, 0.1) is 5.41 Å². The number of amides is 1. The highest BCUT2D eigenvalue weighted by molar-refractivity contribution is 7.80. The number of carbonyl (C=O) groups is 1. The van der Waals surface area contributed by atoms with Gasteiger partial charge < -0.3 is 4.90 Å². The average Bonchev–Trinajstić information content (AvgIpc) is 2.36. The molecule has 0 aromatic rings. The van der Waals surface area contributed by atoms with Crippen molar-refractivity contribution in [1.29, 1.82) is 0 Å². The third-order valence-electron chi connectivity index (χ3n) is 2.22. The van der Waals surface area contributed by atoms with E-state index >= 15 is 0 Å². The molecule has 0 aromatic carbocycles. The molecular formula is C9H17NOS. The number of thiol groups is 1. The SMILES string of the molecule is CC(C)(CS)CN1CCCC1=O. The summed E-state index contributed by atoms with van der Waals surface area (Å²) in [5, 5.41) is 0. The zero-order valence-corrected chi connectivity index (χ0v) is 8.73. The van der Waals surface area contributed by atoms with Crippen molar-refractivity contribution in [3.63, 3.8) is 0 Å². The van der Waals surface area contributed by atoms with Crippen LogP contribution in [-0.2, 0) is 4.79 Å². The second-order valence-corrected chi connectivity index (χ2v) is 4.56. The highest BCUT2D eigenvalue weighted by atomic mass is 32.1. The molecule has 0 aliphatic carbocycles. The Balaban J connectivity index is 2.45. The highest BCUT2D eigenvalue weighted by Crippen LogP contribution is 2.21. The lowest BCUT2D eigenvalue weighted by Crippen LogP contribution is -2.36. The number of hydrogen-bond donors (Lipinski definition) is 1. The van der Waals surface area contributed by atoms with Crippen LogP contribution in [0.3, 0.4) is 0 Å². The Morgan fingerprint density at radius 3 is 2.67 bits per heavy atom. The summed E-state index contributed by atoms with van der Waals surface area (Å²) < 4.78 is 0. The minimum atomic E-state index is 0.156. The van der Waals surface area contributed by atoms with Gasteiger partial charge in [0.25, 0.3) is 0 Å². The second kappa shape index (κ2) is 3.69. The smallest absolute Gasteiger partial charge is 0.222 e. The molecule has 0 atom stereocenters. The standard InChI is InChI=1S/C9H17NOS/c1-9(2,7-12)6-10-5-3-4-8(10)11/h12H,3-7H2,1-2H3. The Labute approximate surface area is 79.7 Å². The Morgan fingerprint density at radius 1 is 1.58 bits per heavy atom. The molecule has 3 heteroatoms. The summed E-state index contributed by atoms with van der Waals surface area (Å²) in [5.74, 6) is 1.14. The first kappa shape index (κ1) is 9.90. The Bertz CT molecular complexity index is 179. The fourth-order valence-corrected chi connectivity index (χ4v) is 1.54. The highest BCUT2D eigenvalue weighted by Gasteiger charge is 2.26. The van der Waals surface area contributed by atoms with Crippen molar-refractivity contribution in [2.75, 3.05) is 18.8 Å². The lowest BCUT2D eigenvalue weighted by atomic mass is 9.96. The van der Waals surface area contributed by atoms with E-state index in [0.717, 1.165) is 31.7 Å². The van der Waals surface area contributed by atoms with Crippen molar-refractivity contribution in [1.82, 2.24) is 4.90 Å². The maximum absolute atomic E-state index is 11.3. The predicted molar refractivity (Wildman–Crippen MR) is 53.4 cm³/mol. The van der Waals surface area contributed by atoms with Crippen LogP contribution in [0.1, 0.15) is 26.7 Å². The Morgan fingerprint density at radius 2 is 2.25 bits per heavy atom. The number of rotatable bonds is 3. The van der Waals surface area contributed by atoms with E-state index in [9.17, 15) is 4.79 Å². The largest absolute Gasteiger partial charge is 0.342 e. The van der Waals surface area contributed by atoms with Crippen LogP contribution in [-0.4, -0.2) is 29.6 Å². The van der Waals surface area contributed by atoms with Gasteiger partial charge in [0.1, 0.15) is 0 Å². The quantitative estimate of drug-likeness (QED) is 0.665. The monoisotopic (exact) mass is 187 g/mol. The van der Waals surface area contributed by atoms with Crippen molar-refractivity contribution in [2.45, 2.75) is 26.7 Å². The number of carbonyl (C=O) groups excluding carboxylic acids is 1. The van der Waals surface area contributed by atoms with E-state index in [4.69, 9.17) is 0 Å². The molecule has 1 amide bonds. The van der Waals surface area contributed by atoms with Crippen molar-refractivity contribution >= 4 is 18.5 Å². The summed E-state index contributed by atoms with van der Waals surface area (Å²) >= 11 is 4.27. The topological polar surface area (TPSA) is 20.3 Å². The van der Waals surface area contributed by atoms with Gasteiger partial charge in [0.15, 0.2) is 0 Å². The fourth-order valence-electron chi connectivity index (χ4n) is 1.44. The molecule has 12 heavy (non-hydrogen) atoms. The minimum Gasteiger partial charge on any atom is -0.342 e. The molecule has 1 rings (SSSR count). The van der Waals surface area contributed by atoms with Crippen LogP contribution in [0.4, 0.5) is 0 Å². The average molecular weight is 187 g/mol. The van der Waals surface area contributed by atoms with E-state index in [1.807, 2.05) is 4.90 Å². The number of hydrogen-bond acceptors (Lipinski definition) is 2. The maximum Gasteiger partial charge on any atom is 0.222 e. The summed E-state index contributed by atoms with van der Waals surface area (Å²) in [6.07, 6.45) is 1.77. The van der Waals surface area contributed by atoms with E-state index in [0.29, 0.717) is 5.91 Å². The molecule has 1 saturated heterocycles. The molecular weight excluding hydrogens is 170 g/mol. The molecule has 2 nitrogen and oxygen atoms in total. The van der Waals surface area contributed by atoms with Gasteiger partial charge in [-0.15, -0.1) is 0 Å². The number of likely N-dealkylation sites (tertiary alicyclic amines) is 1. The molecule has 1 fully saturated rings. The van der Waals surface area contributed by atoms with Crippen molar-refractivity contribution in [3.8, 4) is 0 Å². The van der Waals surface area contributed by atoms with E-state index in [1.54, 1.807) is 0 Å². The molecule has 0 bridgehead atoms. The van der Waals surface area contributed by atoms with Crippen molar-refractivity contribution < 1.29 is 4.79 Å². The molecule has 0 unspecified atom stereocenters. The van der Waals surface area contributed by atoms with Gasteiger partial charge in [0.2, 0.25) is 5.91 Å². The van der Waals surface area contributed by atoms with Gasteiger partial charge in [-0.1, -0.05) is 13.8 Å². The fraction of sp³-hybridized carbons (Fsp3) is 0.889. The van der Waals surface area contributed by atoms with Gasteiger partial charge in [0, 0.05) is 19.5 Å². The van der Waals surface area contributed by atoms with Crippen LogP contribution in [0.5, 0.6) is 0 Å². The molecule has 70 valence electrons. The predicted octanol–water partition coefficient (Wildman–Crippen LogP) is 1.56. The molecule has 1 heterocycles.